The number of amides is 1. The summed E-state index contributed by atoms with van der Waals surface area (Å²) in [7, 11) is -3.66. The SMILES string of the molecule is Cc1ccc(C(=O)NNC(CNS(=O)(=O)c2ccccc2)c2ccccc2)cc1. The quantitative estimate of drug-likeness (QED) is 0.499. The highest BCUT2D eigenvalue weighted by atomic mass is 32.2. The number of rotatable bonds is 8. The lowest BCUT2D eigenvalue weighted by molar-refractivity contribution is 0.0925. The molecule has 6 nitrogen and oxygen atoms in total. The van der Waals surface area contributed by atoms with Gasteiger partial charge in [0.1, 0.15) is 0 Å². The molecule has 3 aromatic rings. The second-order valence-corrected chi connectivity index (χ2v) is 8.36. The molecule has 1 amide bonds. The van der Waals surface area contributed by atoms with Crippen LogP contribution in [0.15, 0.2) is 89.8 Å². The average Bonchev–Trinajstić information content (AvgIpc) is 2.75. The lowest BCUT2D eigenvalue weighted by Gasteiger charge is -2.20. The Labute approximate surface area is 171 Å². The maximum Gasteiger partial charge on any atom is 0.265 e. The van der Waals surface area contributed by atoms with Crippen LogP contribution in [0.1, 0.15) is 27.5 Å². The average molecular weight is 410 g/mol. The molecular formula is C22H23N3O3S. The zero-order chi connectivity index (χ0) is 20.7. The van der Waals surface area contributed by atoms with Crippen molar-refractivity contribution in [1.29, 1.82) is 0 Å². The van der Waals surface area contributed by atoms with E-state index in [0.29, 0.717) is 5.56 Å². The fourth-order valence-electron chi connectivity index (χ4n) is 2.74. The van der Waals surface area contributed by atoms with Gasteiger partial charge >= 0.3 is 0 Å². The van der Waals surface area contributed by atoms with Gasteiger partial charge < -0.3 is 0 Å². The molecule has 1 unspecified atom stereocenters. The van der Waals surface area contributed by atoms with E-state index in [1.165, 1.54) is 12.1 Å². The largest absolute Gasteiger partial charge is 0.287 e. The summed E-state index contributed by atoms with van der Waals surface area (Å²) in [6.45, 7) is 2.01. The van der Waals surface area contributed by atoms with Gasteiger partial charge in [-0.2, -0.15) is 0 Å². The van der Waals surface area contributed by atoms with Crippen LogP contribution in [0.25, 0.3) is 0 Å². The monoisotopic (exact) mass is 409 g/mol. The summed E-state index contributed by atoms with van der Waals surface area (Å²) >= 11 is 0. The molecule has 0 saturated carbocycles. The number of sulfonamides is 1. The summed E-state index contributed by atoms with van der Waals surface area (Å²) in [6.07, 6.45) is 0. The maximum absolute atomic E-state index is 12.5. The Morgan fingerprint density at radius 2 is 1.45 bits per heavy atom. The molecule has 1 atom stereocenters. The highest BCUT2D eigenvalue weighted by molar-refractivity contribution is 7.89. The molecule has 3 aromatic carbocycles. The van der Waals surface area contributed by atoms with Crippen LogP contribution in [0.5, 0.6) is 0 Å². The predicted octanol–water partition coefficient (Wildman–Crippen LogP) is 2.95. The summed E-state index contributed by atoms with van der Waals surface area (Å²) in [5.41, 5.74) is 8.03. The number of carbonyl (C=O) groups is 1. The number of nitrogens with one attached hydrogen (secondary N) is 3. The molecule has 0 spiro atoms. The Morgan fingerprint density at radius 3 is 2.07 bits per heavy atom. The van der Waals surface area contributed by atoms with Crippen molar-refractivity contribution in [2.24, 2.45) is 0 Å². The Hall–Kier alpha value is -3.00. The van der Waals surface area contributed by atoms with Gasteiger partial charge in [0.05, 0.1) is 10.9 Å². The molecule has 150 valence electrons. The number of hydrazine groups is 1. The van der Waals surface area contributed by atoms with Gasteiger partial charge in [-0.25, -0.2) is 18.6 Å². The minimum Gasteiger partial charge on any atom is -0.287 e. The number of carbonyl (C=O) groups excluding carboxylic acids is 1. The highest BCUT2D eigenvalue weighted by Crippen LogP contribution is 2.13. The van der Waals surface area contributed by atoms with Gasteiger partial charge in [0, 0.05) is 12.1 Å². The fourth-order valence-corrected chi connectivity index (χ4v) is 3.81. The van der Waals surface area contributed by atoms with Crippen LogP contribution in [0.3, 0.4) is 0 Å². The van der Waals surface area contributed by atoms with Crippen LogP contribution >= 0.6 is 0 Å². The van der Waals surface area contributed by atoms with Crippen molar-refractivity contribution in [1.82, 2.24) is 15.6 Å². The van der Waals surface area contributed by atoms with E-state index in [1.807, 2.05) is 49.4 Å². The molecule has 3 rings (SSSR count). The van der Waals surface area contributed by atoms with Gasteiger partial charge in [-0.3, -0.25) is 10.2 Å². The third kappa shape index (κ3) is 5.74. The predicted molar refractivity (Wildman–Crippen MR) is 113 cm³/mol. The lowest BCUT2D eigenvalue weighted by atomic mass is 10.1. The molecule has 0 radical (unpaired) electrons. The fraction of sp³-hybridized carbons (Fsp3) is 0.136. The van der Waals surface area contributed by atoms with Crippen LogP contribution in [0.4, 0.5) is 0 Å². The summed E-state index contributed by atoms with van der Waals surface area (Å²) in [5, 5.41) is 0. The highest BCUT2D eigenvalue weighted by Gasteiger charge is 2.18. The summed E-state index contributed by atoms with van der Waals surface area (Å²) < 4.78 is 27.7. The lowest BCUT2D eigenvalue weighted by Crippen LogP contribution is -2.44. The second kappa shape index (κ2) is 9.47. The Morgan fingerprint density at radius 1 is 0.862 bits per heavy atom. The topological polar surface area (TPSA) is 87.3 Å². The Kier molecular flexibility index (Phi) is 6.77. The van der Waals surface area contributed by atoms with E-state index < -0.39 is 16.1 Å². The molecule has 0 heterocycles. The van der Waals surface area contributed by atoms with Gasteiger partial charge in [0.2, 0.25) is 10.0 Å². The first kappa shape index (κ1) is 20.7. The van der Waals surface area contributed by atoms with Crippen LogP contribution in [0, 0.1) is 6.92 Å². The normalized spacial score (nSPS) is 12.3. The van der Waals surface area contributed by atoms with Gasteiger partial charge in [-0.05, 0) is 36.8 Å². The van der Waals surface area contributed by atoms with E-state index in [4.69, 9.17) is 0 Å². The van der Waals surface area contributed by atoms with Crippen molar-refractivity contribution < 1.29 is 13.2 Å². The molecular weight excluding hydrogens is 386 g/mol. The molecule has 3 N–H and O–H groups in total. The van der Waals surface area contributed by atoms with E-state index in [-0.39, 0.29) is 17.3 Å². The van der Waals surface area contributed by atoms with Crippen molar-refractivity contribution in [2.75, 3.05) is 6.54 Å². The Balaban J connectivity index is 1.70. The summed E-state index contributed by atoms with van der Waals surface area (Å²) in [4.78, 5) is 12.6. The molecule has 0 bridgehead atoms. The van der Waals surface area contributed by atoms with Crippen molar-refractivity contribution in [2.45, 2.75) is 17.9 Å². The standard InChI is InChI=1S/C22H23N3O3S/c1-17-12-14-19(15-13-17)22(26)25-24-21(18-8-4-2-5-9-18)16-23-29(27,28)20-10-6-3-7-11-20/h2-15,21,23-24H,16H2,1H3,(H,25,26). The summed E-state index contributed by atoms with van der Waals surface area (Å²) in [6, 6.07) is 24.2. The van der Waals surface area contributed by atoms with Crippen molar-refractivity contribution >= 4 is 15.9 Å². The van der Waals surface area contributed by atoms with E-state index >= 15 is 0 Å². The molecule has 0 aliphatic carbocycles. The smallest absolute Gasteiger partial charge is 0.265 e. The molecule has 0 fully saturated rings. The molecule has 0 saturated heterocycles. The second-order valence-electron chi connectivity index (χ2n) is 6.59. The van der Waals surface area contributed by atoms with Crippen molar-refractivity contribution in [3.8, 4) is 0 Å². The van der Waals surface area contributed by atoms with Crippen molar-refractivity contribution in [3.05, 3.63) is 102 Å². The van der Waals surface area contributed by atoms with Crippen LogP contribution in [-0.4, -0.2) is 20.9 Å². The van der Waals surface area contributed by atoms with E-state index in [2.05, 4.69) is 15.6 Å². The van der Waals surface area contributed by atoms with E-state index in [9.17, 15) is 13.2 Å². The van der Waals surface area contributed by atoms with Crippen LogP contribution in [0.2, 0.25) is 0 Å². The van der Waals surface area contributed by atoms with Crippen molar-refractivity contribution in [3.63, 3.8) is 0 Å². The first-order valence-electron chi connectivity index (χ1n) is 9.18. The summed E-state index contributed by atoms with van der Waals surface area (Å²) in [5.74, 6) is -0.295. The number of aryl methyl sites for hydroxylation is 1. The maximum atomic E-state index is 12.5. The third-order valence-electron chi connectivity index (χ3n) is 4.41. The Bertz CT molecular complexity index is 1040. The zero-order valence-corrected chi connectivity index (χ0v) is 16.8. The number of hydrogen-bond donors (Lipinski definition) is 3. The van der Waals surface area contributed by atoms with Crippen LogP contribution in [-0.2, 0) is 10.0 Å². The van der Waals surface area contributed by atoms with E-state index in [1.54, 1.807) is 30.3 Å². The molecule has 7 heteroatoms. The van der Waals surface area contributed by atoms with E-state index in [0.717, 1.165) is 11.1 Å². The van der Waals surface area contributed by atoms with Gasteiger partial charge in [0.25, 0.3) is 5.91 Å². The minimum absolute atomic E-state index is 0.0649. The van der Waals surface area contributed by atoms with Gasteiger partial charge in [0.15, 0.2) is 0 Å². The van der Waals surface area contributed by atoms with Gasteiger partial charge in [-0.15, -0.1) is 0 Å². The minimum atomic E-state index is -3.66. The molecule has 0 aliphatic rings. The first-order valence-corrected chi connectivity index (χ1v) is 10.7. The van der Waals surface area contributed by atoms with Crippen LogP contribution < -0.4 is 15.6 Å². The van der Waals surface area contributed by atoms with Gasteiger partial charge in [-0.1, -0.05) is 66.2 Å². The first-order chi connectivity index (χ1) is 14.0. The molecule has 29 heavy (non-hydrogen) atoms. The number of benzene rings is 3. The molecule has 0 aliphatic heterocycles. The zero-order valence-electron chi connectivity index (χ0n) is 16.0. The number of hydrogen-bond acceptors (Lipinski definition) is 4. The molecule has 0 aromatic heterocycles. The third-order valence-corrected chi connectivity index (χ3v) is 5.85.